The molecule has 0 saturated carbocycles. The van der Waals surface area contributed by atoms with Gasteiger partial charge in [0.1, 0.15) is 5.75 Å². The fraction of sp³-hybridized carbons (Fsp3) is 0.300. The number of rotatable bonds is 7. The fourth-order valence-electron chi connectivity index (χ4n) is 2.56. The minimum atomic E-state index is -0.507. The zero-order chi connectivity index (χ0) is 19.1. The lowest BCUT2D eigenvalue weighted by atomic mass is 10.0. The molecule has 0 saturated heterocycles. The first kappa shape index (κ1) is 20.2. The Morgan fingerprint density at radius 2 is 1.92 bits per heavy atom. The Hall–Kier alpha value is -2.09. The topological polar surface area (TPSA) is 64.6 Å². The lowest BCUT2D eigenvalue weighted by Gasteiger charge is -2.20. The molecule has 6 heteroatoms. The largest absolute Gasteiger partial charge is 0.497 e. The smallest absolute Gasteiger partial charge is 0.308 e. The zero-order valence-corrected chi connectivity index (χ0v) is 17.2. The van der Waals surface area contributed by atoms with Crippen LogP contribution in [0.15, 0.2) is 42.5 Å². The molecular weight excluding hydrogens is 445 g/mol. The molecule has 2 rings (SSSR count). The number of esters is 1. The lowest BCUT2D eigenvalue weighted by Crippen LogP contribution is -2.31. The highest BCUT2D eigenvalue weighted by atomic mass is 127. The number of nitrogens with one attached hydrogen (secondary N) is 1. The summed E-state index contributed by atoms with van der Waals surface area (Å²) in [5, 5.41) is 2.96. The van der Waals surface area contributed by atoms with Crippen LogP contribution in [-0.4, -0.2) is 25.6 Å². The lowest BCUT2D eigenvalue weighted by molar-refractivity contribution is -0.143. The van der Waals surface area contributed by atoms with Crippen molar-refractivity contribution in [2.45, 2.75) is 26.3 Å². The van der Waals surface area contributed by atoms with E-state index in [2.05, 4.69) is 27.9 Å². The number of methoxy groups -OCH3 is 1. The number of aryl methyl sites for hydroxylation is 1. The number of ether oxygens (including phenoxy) is 2. The van der Waals surface area contributed by atoms with Gasteiger partial charge in [0, 0.05) is 3.57 Å². The zero-order valence-electron chi connectivity index (χ0n) is 15.0. The van der Waals surface area contributed by atoms with Gasteiger partial charge in [0.05, 0.1) is 31.7 Å². The second kappa shape index (κ2) is 9.56. The number of hydrogen-bond donors (Lipinski definition) is 1. The van der Waals surface area contributed by atoms with Crippen molar-refractivity contribution in [3.8, 4) is 5.75 Å². The summed E-state index contributed by atoms with van der Waals surface area (Å²) in [6, 6.07) is 12.4. The minimum absolute atomic E-state index is 0.0507. The molecule has 0 heterocycles. The fourth-order valence-corrected chi connectivity index (χ4v) is 3.16. The molecule has 26 heavy (non-hydrogen) atoms. The molecule has 1 unspecified atom stereocenters. The van der Waals surface area contributed by atoms with Crippen LogP contribution in [0.4, 0.5) is 0 Å². The van der Waals surface area contributed by atoms with Crippen LogP contribution in [0.5, 0.6) is 5.75 Å². The van der Waals surface area contributed by atoms with Gasteiger partial charge in [-0.25, -0.2) is 0 Å². The summed E-state index contributed by atoms with van der Waals surface area (Å²) in [4.78, 5) is 24.8. The van der Waals surface area contributed by atoms with Crippen molar-refractivity contribution in [1.29, 1.82) is 0 Å². The molecule has 0 bridgehead atoms. The molecular formula is C20H22INO4. The number of hydrogen-bond acceptors (Lipinski definition) is 4. The van der Waals surface area contributed by atoms with Crippen LogP contribution >= 0.6 is 22.6 Å². The Bertz CT molecular complexity index is 791. The summed E-state index contributed by atoms with van der Waals surface area (Å²) >= 11 is 2.16. The molecule has 1 amide bonds. The maximum absolute atomic E-state index is 12.8. The van der Waals surface area contributed by atoms with Crippen molar-refractivity contribution in [2.75, 3.05) is 13.7 Å². The molecule has 5 nitrogen and oxygen atoms in total. The average molecular weight is 467 g/mol. The minimum Gasteiger partial charge on any atom is -0.497 e. The van der Waals surface area contributed by atoms with Gasteiger partial charge < -0.3 is 14.8 Å². The van der Waals surface area contributed by atoms with Gasteiger partial charge in [0.2, 0.25) is 0 Å². The van der Waals surface area contributed by atoms with E-state index < -0.39 is 6.04 Å². The van der Waals surface area contributed by atoms with Crippen LogP contribution in [0.25, 0.3) is 0 Å². The molecule has 0 aromatic heterocycles. The van der Waals surface area contributed by atoms with E-state index in [0.717, 1.165) is 14.7 Å². The molecule has 0 aliphatic heterocycles. The first-order valence-corrected chi connectivity index (χ1v) is 9.39. The van der Waals surface area contributed by atoms with Crippen molar-refractivity contribution < 1.29 is 19.1 Å². The Morgan fingerprint density at radius 1 is 1.19 bits per heavy atom. The molecule has 138 valence electrons. The van der Waals surface area contributed by atoms with Crippen LogP contribution in [0, 0.1) is 10.5 Å². The van der Waals surface area contributed by atoms with Crippen LogP contribution in [0.1, 0.15) is 40.9 Å². The molecule has 0 aliphatic rings. The van der Waals surface area contributed by atoms with E-state index in [4.69, 9.17) is 9.47 Å². The summed E-state index contributed by atoms with van der Waals surface area (Å²) in [6.45, 7) is 4.01. The first-order chi connectivity index (χ1) is 12.5. The summed E-state index contributed by atoms with van der Waals surface area (Å²) < 4.78 is 11.2. The number of halogens is 1. The molecule has 2 aromatic carbocycles. The predicted molar refractivity (Wildman–Crippen MR) is 108 cm³/mol. The van der Waals surface area contributed by atoms with Crippen LogP contribution in [0.3, 0.4) is 0 Å². The van der Waals surface area contributed by atoms with Crippen molar-refractivity contribution in [3.05, 3.63) is 62.7 Å². The monoisotopic (exact) mass is 467 g/mol. The van der Waals surface area contributed by atoms with Gasteiger partial charge in [0.15, 0.2) is 0 Å². The molecule has 1 N–H and O–H groups in total. The van der Waals surface area contributed by atoms with E-state index in [-0.39, 0.29) is 18.3 Å². The number of carbonyl (C=O) groups is 2. The van der Waals surface area contributed by atoms with Gasteiger partial charge in [-0.05, 0) is 65.8 Å². The van der Waals surface area contributed by atoms with Gasteiger partial charge in [-0.1, -0.05) is 24.3 Å². The van der Waals surface area contributed by atoms with E-state index in [0.29, 0.717) is 17.9 Å². The van der Waals surface area contributed by atoms with E-state index >= 15 is 0 Å². The number of carbonyl (C=O) groups excluding carboxylic acids is 2. The van der Waals surface area contributed by atoms with Crippen molar-refractivity contribution in [2.24, 2.45) is 0 Å². The Morgan fingerprint density at radius 3 is 2.62 bits per heavy atom. The summed E-state index contributed by atoms with van der Waals surface area (Å²) in [5.41, 5.74) is 2.40. The molecule has 0 aliphatic carbocycles. The summed E-state index contributed by atoms with van der Waals surface area (Å²) in [6.07, 6.45) is 0.0507. The van der Waals surface area contributed by atoms with Crippen LogP contribution in [0.2, 0.25) is 0 Å². The quantitative estimate of drug-likeness (QED) is 0.494. The van der Waals surface area contributed by atoms with Gasteiger partial charge in [-0.2, -0.15) is 0 Å². The maximum atomic E-state index is 12.8. The van der Waals surface area contributed by atoms with Crippen LogP contribution < -0.4 is 10.1 Å². The molecule has 0 spiro atoms. The van der Waals surface area contributed by atoms with E-state index in [1.54, 1.807) is 20.1 Å². The molecule has 2 aromatic rings. The Labute approximate surface area is 167 Å². The number of benzene rings is 2. The SMILES string of the molecule is CCOC(=O)CC(NC(=O)c1cccc(C)c1I)c1cccc(OC)c1. The second-order valence-electron chi connectivity index (χ2n) is 5.75. The highest BCUT2D eigenvalue weighted by molar-refractivity contribution is 14.1. The normalized spacial score (nSPS) is 11.5. The molecule has 0 radical (unpaired) electrons. The summed E-state index contributed by atoms with van der Waals surface area (Å²) in [7, 11) is 1.58. The van der Waals surface area contributed by atoms with Crippen molar-refractivity contribution in [1.82, 2.24) is 5.32 Å². The van der Waals surface area contributed by atoms with E-state index in [9.17, 15) is 9.59 Å². The predicted octanol–water partition coefficient (Wildman–Crippen LogP) is 4.03. The molecule has 1 atom stereocenters. The van der Waals surface area contributed by atoms with Gasteiger partial charge in [0.25, 0.3) is 5.91 Å². The number of amides is 1. The Balaban J connectivity index is 2.29. The average Bonchev–Trinajstić information content (AvgIpc) is 2.63. The first-order valence-electron chi connectivity index (χ1n) is 8.31. The maximum Gasteiger partial charge on any atom is 0.308 e. The van der Waals surface area contributed by atoms with Crippen molar-refractivity contribution in [3.63, 3.8) is 0 Å². The van der Waals surface area contributed by atoms with Gasteiger partial charge >= 0.3 is 5.97 Å². The third-order valence-corrected chi connectivity index (χ3v) is 5.35. The van der Waals surface area contributed by atoms with Crippen LogP contribution in [-0.2, 0) is 9.53 Å². The summed E-state index contributed by atoms with van der Waals surface area (Å²) in [5.74, 6) is 0.0746. The third-order valence-electron chi connectivity index (χ3n) is 3.91. The highest BCUT2D eigenvalue weighted by Crippen LogP contribution is 2.24. The van der Waals surface area contributed by atoms with E-state index in [1.807, 2.05) is 43.3 Å². The van der Waals surface area contributed by atoms with Gasteiger partial charge in [-0.3, -0.25) is 9.59 Å². The molecule has 0 fully saturated rings. The highest BCUT2D eigenvalue weighted by Gasteiger charge is 2.22. The Kier molecular flexibility index (Phi) is 7.44. The second-order valence-corrected chi connectivity index (χ2v) is 6.83. The van der Waals surface area contributed by atoms with E-state index in [1.165, 1.54) is 0 Å². The third kappa shape index (κ3) is 5.20. The van der Waals surface area contributed by atoms with Gasteiger partial charge in [-0.15, -0.1) is 0 Å². The standard InChI is InChI=1S/C20H22INO4/c1-4-26-18(23)12-17(14-8-6-9-15(11-14)25-3)22-20(24)16-10-5-7-13(2)19(16)21/h5-11,17H,4,12H2,1-3H3,(H,22,24). The van der Waals surface area contributed by atoms with Crippen molar-refractivity contribution >= 4 is 34.5 Å².